The molecule has 1 aliphatic carbocycles. The van der Waals surface area contributed by atoms with E-state index in [4.69, 9.17) is 0 Å². The fourth-order valence-electron chi connectivity index (χ4n) is 5.63. The van der Waals surface area contributed by atoms with Crippen molar-refractivity contribution in [3.8, 4) is 5.00 Å². The van der Waals surface area contributed by atoms with Crippen molar-refractivity contribution in [2.75, 3.05) is 5.32 Å². The summed E-state index contributed by atoms with van der Waals surface area (Å²) >= 11 is 1.92. The van der Waals surface area contributed by atoms with Crippen LogP contribution in [0.3, 0.4) is 0 Å². The molecule has 0 saturated carbocycles. The van der Waals surface area contributed by atoms with Crippen molar-refractivity contribution in [2.45, 2.75) is 59.0 Å². The topological polar surface area (TPSA) is 37.3 Å². The van der Waals surface area contributed by atoms with Crippen LogP contribution >= 0.6 is 11.3 Å². The van der Waals surface area contributed by atoms with Crippen LogP contribution in [0.25, 0.3) is 5.00 Å². The molecule has 2 aliphatic rings. The Morgan fingerprint density at radius 1 is 0.943 bits per heavy atom. The van der Waals surface area contributed by atoms with E-state index in [-0.39, 0.29) is 12.1 Å². The van der Waals surface area contributed by atoms with Gasteiger partial charge in [-0.15, -0.1) is 11.3 Å². The number of anilines is 1. The molecule has 1 N–H and O–H groups in total. The highest BCUT2D eigenvalue weighted by Crippen LogP contribution is 2.44. The first-order valence-corrected chi connectivity index (χ1v) is 13.3. The molecule has 1 atom stereocenters. The van der Waals surface area contributed by atoms with Crippen LogP contribution in [0.5, 0.6) is 0 Å². The maximum atomic E-state index is 14.0. The summed E-state index contributed by atoms with van der Waals surface area (Å²) in [4.78, 5) is 17.6. The molecule has 178 valence electrons. The normalized spacial score (nSPS) is 16.8. The Morgan fingerprint density at radius 3 is 2.51 bits per heavy atom. The van der Waals surface area contributed by atoms with E-state index in [9.17, 15) is 4.79 Å². The highest BCUT2D eigenvalue weighted by molar-refractivity contribution is 7.15. The van der Waals surface area contributed by atoms with Gasteiger partial charge in [-0.3, -0.25) is 0 Å². The number of urea groups is 1. The third kappa shape index (κ3) is 3.88. The molecule has 1 aliphatic heterocycles. The van der Waals surface area contributed by atoms with E-state index in [0.29, 0.717) is 6.54 Å². The summed E-state index contributed by atoms with van der Waals surface area (Å²) < 4.78 is 2.34. The average Bonchev–Trinajstić information content (AvgIpc) is 3.43. The van der Waals surface area contributed by atoms with Crippen molar-refractivity contribution in [3.63, 3.8) is 0 Å². The van der Waals surface area contributed by atoms with Crippen LogP contribution < -0.4 is 5.32 Å². The first-order valence-electron chi connectivity index (χ1n) is 12.5. The number of hydrogen-bond donors (Lipinski definition) is 1. The molecule has 2 aromatic carbocycles. The van der Waals surface area contributed by atoms with Crippen molar-refractivity contribution in [2.24, 2.45) is 0 Å². The number of thiophene rings is 1. The summed E-state index contributed by atoms with van der Waals surface area (Å²) in [5, 5.41) is 4.54. The summed E-state index contributed by atoms with van der Waals surface area (Å²) in [5.74, 6) is 0. The molecular weight excluding hydrogens is 450 g/mol. The second kappa shape index (κ2) is 8.72. The van der Waals surface area contributed by atoms with E-state index in [2.05, 4.69) is 85.4 Å². The highest BCUT2D eigenvalue weighted by atomic mass is 32.1. The zero-order valence-electron chi connectivity index (χ0n) is 20.6. The molecule has 6 rings (SSSR count). The van der Waals surface area contributed by atoms with Gasteiger partial charge in [0.05, 0.1) is 18.3 Å². The molecule has 0 spiro atoms. The van der Waals surface area contributed by atoms with Gasteiger partial charge in [0.15, 0.2) is 0 Å². The summed E-state index contributed by atoms with van der Waals surface area (Å²) in [5.41, 5.74) is 9.44. The van der Waals surface area contributed by atoms with Crippen LogP contribution in [0.15, 0.2) is 60.8 Å². The minimum atomic E-state index is -0.171. The van der Waals surface area contributed by atoms with Crippen LogP contribution in [0.2, 0.25) is 0 Å². The summed E-state index contributed by atoms with van der Waals surface area (Å²) in [6, 6.07) is 18.9. The lowest BCUT2D eigenvalue weighted by Crippen LogP contribution is -2.38. The van der Waals surface area contributed by atoms with Gasteiger partial charge in [0.2, 0.25) is 0 Å². The number of hydrogen-bond acceptors (Lipinski definition) is 2. The van der Waals surface area contributed by atoms with E-state index < -0.39 is 0 Å². The molecule has 0 unspecified atom stereocenters. The van der Waals surface area contributed by atoms with Gasteiger partial charge in [-0.25, -0.2) is 4.79 Å². The zero-order chi connectivity index (χ0) is 24.1. The van der Waals surface area contributed by atoms with Gasteiger partial charge in [-0.05, 0) is 81.3 Å². The minimum Gasteiger partial charge on any atom is -0.310 e. The third-order valence-electron chi connectivity index (χ3n) is 7.46. The summed E-state index contributed by atoms with van der Waals surface area (Å²) in [6.07, 6.45) is 6.92. The first kappa shape index (κ1) is 22.2. The maximum Gasteiger partial charge on any atom is 0.322 e. The quantitative estimate of drug-likeness (QED) is 0.317. The van der Waals surface area contributed by atoms with Gasteiger partial charge in [0, 0.05) is 22.3 Å². The van der Waals surface area contributed by atoms with Gasteiger partial charge < -0.3 is 14.8 Å². The Balaban J connectivity index is 1.49. The number of nitrogens with one attached hydrogen (secondary N) is 1. The van der Waals surface area contributed by atoms with Crippen molar-refractivity contribution in [3.05, 3.63) is 105 Å². The molecular formula is C30H31N3OS. The van der Waals surface area contributed by atoms with Crippen molar-refractivity contribution in [1.82, 2.24) is 9.47 Å². The highest BCUT2D eigenvalue weighted by Gasteiger charge is 2.36. The zero-order valence-corrected chi connectivity index (χ0v) is 21.4. The lowest BCUT2D eigenvalue weighted by atomic mass is 9.95. The molecule has 2 aromatic heterocycles. The van der Waals surface area contributed by atoms with E-state index in [1.54, 1.807) is 0 Å². The third-order valence-corrected chi connectivity index (χ3v) is 8.79. The summed E-state index contributed by atoms with van der Waals surface area (Å²) in [7, 11) is 0. The van der Waals surface area contributed by atoms with Crippen molar-refractivity contribution < 1.29 is 4.79 Å². The Hall–Kier alpha value is -3.31. The molecule has 0 bridgehead atoms. The minimum absolute atomic E-state index is 0.0566. The number of carbonyl (C=O) groups is 1. The van der Waals surface area contributed by atoms with Crippen LogP contribution in [-0.2, 0) is 19.4 Å². The van der Waals surface area contributed by atoms with Gasteiger partial charge in [0.1, 0.15) is 5.00 Å². The number of nitrogens with zero attached hydrogens (tertiary/aromatic N) is 2. The Labute approximate surface area is 211 Å². The second-order valence-corrected chi connectivity index (χ2v) is 11.1. The molecule has 4 aromatic rings. The summed E-state index contributed by atoms with van der Waals surface area (Å²) in [6.45, 7) is 6.85. The first-order chi connectivity index (χ1) is 17.0. The lowest BCUT2D eigenvalue weighted by molar-refractivity contribution is 0.194. The number of amides is 2. The largest absolute Gasteiger partial charge is 0.322 e. The van der Waals surface area contributed by atoms with Crippen LogP contribution in [0.1, 0.15) is 62.8 Å². The molecule has 0 fully saturated rings. The number of aromatic nitrogens is 1. The number of carbonyl (C=O) groups excluding carboxylic acids is 1. The molecule has 0 saturated heterocycles. The van der Waals surface area contributed by atoms with E-state index in [1.165, 1.54) is 45.0 Å². The average molecular weight is 482 g/mol. The second-order valence-electron chi connectivity index (χ2n) is 9.99. The van der Waals surface area contributed by atoms with Crippen LogP contribution in [0.4, 0.5) is 10.5 Å². The Bertz CT molecular complexity index is 1410. The van der Waals surface area contributed by atoms with Gasteiger partial charge in [-0.1, -0.05) is 47.5 Å². The molecule has 2 amide bonds. The Kier molecular flexibility index (Phi) is 5.53. The van der Waals surface area contributed by atoms with E-state index >= 15 is 0 Å². The fraction of sp³-hybridized carbons (Fsp3) is 0.300. The Morgan fingerprint density at radius 2 is 1.71 bits per heavy atom. The van der Waals surface area contributed by atoms with Gasteiger partial charge in [0.25, 0.3) is 0 Å². The SMILES string of the molecule is Cc1ccc([C@@H]2c3cccn3-c3sc4c(c3CN2C(=O)Nc2ccc(C)cc2C)CCCC4)cc1. The molecule has 35 heavy (non-hydrogen) atoms. The molecule has 0 radical (unpaired) electrons. The maximum absolute atomic E-state index is 14.0. The van der Waals surface area contributed by atoms with Gasteiger partial charge >= 0.3 is 6.03 Å². The van der Waals surface area contributed by atoms with E-state index in [1.807, 2.05) is 22.3 Å². The number of benzene rings is 2. The molecule has 3 heterocycles. The van der Waals surface area contributed by atoms with Crippen LogP contribution in [-0.4, -0.2) is 15.5 Å². The van der Waals surface area contributed by atoms with Crippen LogP contribution in [0, 0.1) is 20.8 Å². The number of rotatable bonds is 2. The van der Waals surface area contributed by atoms with E-state index in [0.717, 1.165) is 35.3 Å². The molecule has 5 heteroatoms. The standard InChI is InChI=1S/C30H31N3OS/c1-19-10-13-22(14-11-19)28-26-8-6-16-32(26)29-24(23-7-4-5-9-27(23)35-29)18-33(28)30(34)31-25-15-12-20(2)17-21(25)3/h6,8,10-17,28H,4-5,7,9,18H2,1-3H3,(H,31,34)/t28-/m1/s1. The number of fused-ring (bicyclic) bond motifs is 5. The number of aryl methyl sites for hydroxylation is 4. The lowest BCUT2D eigenvalue weighted by Gasteiger charge is -2.31. The predicted molar refractivity (Wildman–Crippen MR) is 144 cm³/mol. The monoisotopic (exact) mass is 481 g/mol. The van der Waals surface area contributed by atoms with Crippen molar-refractivity contribution in [1.29, 1.82) is 0 Å². The van der Waals surface area contributed by atoms with Gasteiger partial charge in [-0.2, -0.15) is 0 Å². The van der Waals surface area contributed by atoms with Crippen molar-refractivity contribution >= 4 is 23.1 Å². The predicted octanol–water partition coefficient (Wildman–Crippen LogP) is 7.48. The fourth-order valence-corrected chi connectivity index (χ4v) is 7.03. The molecule has 4 nitrogen and oxygen atoms in total. The smallest absolute Gasteiger partial charge is 0.310 e.